The molecule has 1 N–H and O–H groups in total. The van der Waals surface area contributed by atoms with Gasteiger partial charge in [-0.25, -0.2) is 0 Å². The number of benzene rings is 2. The van der Waals surface area contributed by atoms with Crippen LogP contribution in [0.5, 0.6) is 5.75 Å². The van der Waals surface area contributed by atoms with Crippen molar-refractivity contribution in [3.8, 4) is 17.0 Å². The van der Waals surface area contributed by atoms with Crippen molar-refractivity contribution in [1.29, 1.82) is 0 Å². The van der Waals surface area contributed by atoms with Gasteiger partial charge in [0, 0.05) is 0 Å². The topological polar surface area (TPSA) is 46.0 Å². The molecule has 0 atom stereocenters. The van der Waals surface area contributed by atoms with Gasteiger partial charge < -0.3 is 0 Å². The number of hydrogen-bond acceptors (Lipinski definition) is 3. The van der Waals surface area contributed by atoms with Gasteiger partial charge >= 0.3 is 122 Å². The molecule has 0 saturated carbocycles. The molecule has 0 spiro atoms. The molecule has 0 bridgehead atoms. The van der Waals surface area contributed by atoms with E-state index in [4.69, 9.17) is 5.70 Å². The van der Waals surface area contributed by atoms with E-state index >= 15 is 0 Å². The van der Waals surface area contributed by atoms with Gasteiger partial charge in [0.1, 0.15) is 0 Å². The Morgan fingerprint density at radius 3 is 2.63 bits per heavy atom. The predicted octanol–water partition coefficient (Wildman–Crippen LogP) is -0.655. The molecule has 2 radical (unpaired) electrons. The monoisotopic (exact) mass is 359 g/mol. The standard InChI is InChI=1S/C14H9BIN2O/c15-16-10-5-6-12-9(7-10)8-13(18-17-12)11-3-1-2-4-14(11)19/h1-8,19H/q-1. The second-order valence-electron chi connectivity index (χ2n) is 4.06. The van der Waals surface area contributed by atoms with E-state index in [2.05, 4.69) is 10.2 Å². The number of aromatic hydroxyl groups is 1. The van der Waals surface area contributed by atoms with Crippen molar-refractivity contribution < 1.29 is 26.1 Å². The summed E-state index contributed by atoms with van der Waals surface area (Å²) in [6.07, 6.45) is 0. The number of halogens is 1. The molecule has 0 saturated heterocycles. The van der Waals surface area contributed by atoms with E-state index in [1.54, 1.807) is 12.1 Å². The summed E-state index contributed by atoms with van der Waals surface area (Å²) in [5, 5.41) is 19.2. The fourth-order valence-electron chi connectivity index (χ4n) is 1.91. The molecular weight excluding hydrogens is 350 g/mol. The Bertz CT molecular complexity index is 748. The van der Waals surface area contributed by atoms with Crippen molar-refractivity contribution >= 4 is 16.6 Å². The maximum absolute atomic E-state index is 9.85. The Balaban J connectivity index is 2.18. The van der Waals surface area contributed by atoms with E-state index in [9.17, 15) is 5.11 Å². The summed E-state index contributed by atoms with van der Waals surface area (Å²) < 4.78 is 1.16. The summed E-state index contributed by atoms with van der Waals surface area (Å²) in [6, 6.07) is 15.0. The first kappa shape index (κ1) is 12.4. The fraction of sp³-hybridized carbons (Fsp3) is 0. The van der Waals surface area contributed by atoms with Crippen LogP contribution in [-0.2, 0) is 0 Å². The van der Waals surface area contributed by atoms with Crippen LogP contribution in [-0.4, -0.2) is 21.0 Å². The molecule has 92 valence electrons. The van der Waals surface area contributed by atoms with Crippen molar-refractivity contribution in [1.82, 2.24) is 10.2 Å². The summed E-state index contributed by atoms with van der Waals surface area (Å²) >= 11 is -0.435. The average molecular weight is 359 g/mol. The third kappa shape index (κ3) is 2.42. The van der Waals surface area contributed by atoms with Crippen LogP contribution >= 0.6 is 0 Å². The Hall–Kier alpha value is -1.63. The number of phenols is 1. The van der Waals surface area contributed by atoms with Crippen molar-refractivity contribution in [2.75, 3.05) is 0 Å². The molecule has 3 aromatic rings. The molecular formula is C14H9BIN2O-. The van der Waals surface area contributed by atoms with E-state index in [0.717, 1.165) is 14.5 Å². The van der Waals surface area contributed by atoms with Gasteiger partial charge in [-0.15, -0.1) is 0 Å². The molecule has 0 aliphatic heterocycles. The van der Waals surface area contributed by atoms with Gasteiger partial charge in [0.15, 0.2) is 0 Å². The molecule has 3 nitrogen and oxygen atoms in total. The number of rotatable bonds is 2. The molecule has 1 heterocycles. The van der Waals surface area contributed by atoms with Crippen LogP contribution in [0.25, 0.3) is 22.2 Å². The predicted molar refractivity (Wildman–Crippen MR) is 71.1 cm³/mol. The first-order valence-electron chi connectivity index (χ1n) is 5.67. The number of hydrogen-bond donors (Lipinski definition) is 1. The van der Waals surface area contributed by atoms with E-state index < -0.39 is 21.0 Å². The number of para-hydroxylation sites is 1. The molecule has 19 heavy (non-hydrogen) atoms. The molecule has 5 heteroatoms. The summed E-state index contributed by atoms with van der Waals surface area (Å²) in [5.74, 6) is 0.207. The SMILES string of the molecule is [B][I-]c1ccc2nnc(-c3ccccc3O)cc2c1. The number of aromatic nitrogens is 2. The Morgan fingerprint density at radius 1 is 1.00 bits per heavy atom. The van der Waals surface area contributed by atoms with Gasteiger partial charge in [-0.1, -0.05) is 0 Å². The molecule has 2 aromatic carbocycles. The van der Waals surface area contributed by atoms with Crippen molar-refractivity contribution in [2.45, 2.75) is 0 Å². The molecule has 0 aliphatic rings. The van der Waals surface area contributed by atoms with Gasteiger partial charge in [-0.3, -0.25) is 0 Å². The fourth-order valence-corrected chi connectivity index (χ4v) is 2.81. The zero-order chi connectivity index (χ0) is 13.2. The van der Waals surface area contributed by atoms with Crippen molar-refractivity contribution in [3.05, 3.63) is 52.1 Å². The average Bonchev–Trinajstić information content (AvgIpc) is 2.46. The second-order valence-corrected chi connectivity index (χ2v) is 5.93. The zero-order valence-electron chi connectivity index (χ0n) is 9.92. The van der Waals surface area contributed by atoms with Crippen LogP contribution in [0.3, 0.4) is 0 Å². The quantitative estimate of drug-likeness (QED) is 0.489. The van der Waals surface area contributed by atoms with Crippen molar-refractivity contribution in [3.63, 3.8) is 0 Å². The molecule has 0 unspecified atom stereocenters. The number of nitrogens with zero attached hydrogens (tertiary/aromatic N) is 2. The minimum absolute atomic E-state index is 0.207. The summed E-state index contributed by atoms with van der Waals surface area (Å²) in [5.41, 5.74) is 7.93. The van der Waals surface area contributed by atoms with Crippen LogP contribution in [0.15, 0.2) is 48.5 Å². The first-order chi connectivity index (χ1) is 9.28. The van der Waals surface area contributed by atoms with Crippen LogP contribution < -0.4 is 21.0 Å². The van der Waals surface area contributed by atoms with E-state index in [0.29, 0.717) is 11.3 Å². The molecule has 1 aromatic heterocycles. The summed E-state index contributed by atoms with van der Waals surface area (Å²) in [6.45, 7) is 0. The maximum atomic E-state index is 9.85. The molecule has 0 aliphatic carbocycles. The van der Waals surface area contributed by atoms with Crippen LogP contribution in [0.4, 0.5) is 0 Å². The molecule has 0 amide bonds. The second kappa shape index (κ2) is 5.17. The Labute approximate surface area is 122 Å². The van der Waals surface area contributed by atoms with E-state index in [-0.39, 0.29) is 5.75 Å². The van der Waals surface area contributed by atoms with Gasteiger partial charge in [-0.05, 0) is 0 Å². The first-order valence-corrected chi connectivity index (χ1v) is 8.00. The minimum atomic E-state index is -0.435. The number of phenolic OH excluding ortho intramolecular Hbond substituents is 1. The van der Waals surface area contributed by atoms with E-state index in [1.165, 1.54) is 0 Å². The normalized spacial score (nSPS) is 10.9. The van der Waals surface area contributed by atoms with Crippen LogP contribution in [0, 0.1) is 3.57 Å². The van der Waals surface area contributed by atoms with Gasteiger partial charge in [0.2, 0.25) is 0 Å². The third-order valence-electron chi connectivity index (χ3n) is 2.85. The summed E-state index contributed by atoms with van der Waals surface area (Å²) in [7, 11) is 0. The van der Waals surface area contributed by atoms with Gasteiger partial charge in [0.05, 0.1) is 0 Å². The summed E-state index contributed by atoms with van der Waals surface area (Å²) in [4.78, 5) is 0. The van der Waals surface area contributed by atoms with E-state index in [1.807, 2.05) is 36.4 Å². The Kier molecular flexibility index (Phi) is 3.37. The zero-order valence-corrected chi connectivity index (χ0v) is 12.1. The third-order valence-corrected chi connectivity index (χ3v) is 4.24. The van der Waals surface area contributed by atoms with Gasteiger partial charge in [-0.2, -0.15) is 0 Å². The van der Waals surface area contributed by atoms with Crippen LogP contribution in [0.2, 0.25) is 0 Å². The van der Waals surface area contributed by atoms with Crippen LogP contribution in [0.1, 0.15) is 0 Å². The number of fused-ring (bicyclic) bond motifs is 1. The van der Waals surface area contributed by atoms with Gasteiger partial charge in [0.25, 0.3) is 0 Å². The Morgan fingerprint density at radius 2 is 1.84 bits per heavy atom. The van der Waals surface area contributed by atoms with Crippen molar-refractivity contribution in [2.24, 2.45) is 0 Å². The molecule has 3 rings (SSSR count). The molecule has 0 fully saturated rings.